The van der Waals surface area contributed by atoms with Crippen LogP contribution in [-0.2, 0) is 4.79 Å². The number of carboxylic acids is 1. The van der Waals surface area contributed by atoms with Gasteiger partial charge in [-0.05, 0) is 12.1 Å². The van der Waals surface area contributed by atoms with Crippen molar-refractivity contribution in [3.8, 4) is 0 Å². The van der Waals surface area contributed by atoms with Crippen molar-refractivity contribution in [1.82, 2.24) is 14.9 Å². The van der Waals surface area contributed by atoms with Gasteiger partial charge in [-0.1, -0.05) is 12.1 Å². The number of carboxylic acid groups (broad SMARTS) is 1. The van der Waals surface area contributed by atoms with Gasteiger partial charge in [0.15, 0.2) is 0 Å². The second-order valence-corrected chi connectivity index (χ2v) is 4.87. The molecule has 1 saturated heterocycles. The maximum absolute atomic E-state index is 10.7. The summed E-state index contributed by atoms with van der Waals surface area (Å²) >= 11 is 0. The monoisotopic (exact) mass is 272 g/mol. The molecule has 0 atom stereocenters. The Morgan fingerprint density at radius 1 is 1.15 bits per heavy atom. The van der Waals surface area contributed by atoms with Crippen LogP contribution in [0.2, 0.25) is 0 Å². The van der Waals surface area contributed by atoms with Crippen molar-refractivity contribution in [2.45, 2.75) is 0 Å². The molecule has 1 N–H and O–H groups in total. The molecule has 0 amide bonds. The molecule has 1 fully saturated rings. The number of rotatable bonds is 3. The van der Waals surface area contributed by atoms with E-state index in [9.17, 15) is 4.79 Å². The summed E-state index contributed by atoms with van der Waals surface area (Å²) in [5, 5.41) is 8.79. The molecule has 1 aromatic heterocycles. The van der Waals surface area contributed by atoms with Gasteiger partial charge in [0.05, 0.1) is 23.8 Å². The lowest BCUT2D eigenvalue weighted by Gasteiger charge is -2.34. The lowest BCUT2D eigenvalue weighted by atomic mass is 10.3. The Bertz CT molecular complexity index is 623. The van der Waals surface area contributed by atoms with E-state index >= 15 is 0 Å². The van der Waals surface area contributed by atoms with Gasteiger partial charge >= 0.3 is 5.97 Å². The number of hydrogen-bond donors (Lipinski definition) is 1. The summed E-state index contributed by atoms with van der Waals surface area (Å²) in [7, 11) is 0. The first-order valence-corrected chi connectivity index (χ1v) is 6.63. The van der Waals surface area contributed by atoms with Crippen molar-refractivity contribution in [3.63, 3.8) is 0 Å². The minimum atomic E-state index is -0.774. The van der Waals surface area contributed by atoms with Gasteiger partial charge in [0.2, 0.25) is 0 Å². The Morgan fingerprint density at radius 3 is 2.55 bits per heavy atom. The summed E-state index contributed by atoms with van der Waals surface area (Å²) in [6, 6.07) is 7.79. The van der Waals surface area contributed by atoms with E-state index in [0.717, 1.165) is 43.0 Å². The molecule has 0 unspecified atom stereocenters. The third kappa shape index (κ3) is 2.70. The molecule has 0 bridgehead atoms. The number of aromatic nitrogens is 2. The van der Waals surface area contributed by atoms with E-state index in [4.69, 9.17) is 5.11 Å². The van der Waals surface area contributed by atoms with Gasteiger partial charge in [-0.2, -0.15) is 0 Å². The summed E-state index contributed by atoms with van der Waals surface area (Å²) in [5.41, 5.74) is 1.78. The molecule has 2 aromatic rings. The molecule has 2 heterocycles. The average molecular weight is 272 g/mol. The molecular weight excluding hydrogens is 256 g/mol. The van der Waals surface area contributed by atoms with Crippen LogP contribution in [-0.4, -0.2) is 58.7 Å². The van der Waals surface area contributed by atoms with Crippen LogP contribution in [0.4, 0.5) is 5.82 Å². The average Bonchev–Trinajstić information content (AvgIpc) is 2.47. The standard InChI is InChI=1S/C14H16N4O2/c19-14(20)10-17-5-7-18(8-6-17)13-9-15-11-3-1-2-4-12(11)16-13/h1-4,9H,5-8,10H2,(H,19,20). The zero-order valence-corrected chi connectivity index (χ0v) is 11.1. The Morgan fingerprint density at radius 2 is 1.85 bits per heavy atom. The van der Waals surface area contributed by atoms with Crippen LogP contribution in [0.25, 0.3) is 11.0 Å². The van der Waals surface area contributed by atoms with Crippen LogP contribution >= 0.6 is 0 Å². The molecule has 6 nitrogen and oxygen atoms in total. The predicted octanol–water partition coefficient (Wildman–Crippen LogP) is 0.836. The molecule has 0 radical (unpaired) electrons. The molecule has 0 spiro atoms. The number of carbonyl (C=O) groups is 1. The maximum atomic E-state index is 10.7. The van der Waals surface area contributed by atoms with Gasteiger partial charge in [-0.25, -0.2) is 4.98 Å². The zero-order chi connectivity index (χ0) is 13.9. The van der Waals surface area contributed by atoms with E-state index in [0.29, 0.717) is 0 Å². The Balaban J connectivity index is 1.71. The van der Waals surface area contributed by atoms with Crippen LogP contribution in [0.5, 0.6) is 0 Å². The van der Waals surface area contributed by atoms with Crippen molar-refractivity contribution >= 4 is 22.8 Å². The van der Waals surface area contributed by atoms with Crippen LogP contribution in [0.1, 0.15) is 0 Å². The number of piperazine rings is 1. The first-order chi connectivity index (χ1) is 9.72. The quantitative estimate of drug-likeness (QED) is 0.892. The number of aliphatic carboxylic acids is 1. The second kappa shape index (κ2) is 5.42. The van der Waals surface area contributed by atoms with Crippen molar-refractivity contribution < 1.29 is 9.90 Å². The summed E-state index contributed by atoms with van der Waals surface area (Å²) in [6.45, 7) is 3.14. The number of hydrogen-bond acceptors (Lipinski definition) is 5. The first-order valence-electron chi connectivity index (χ1n) is 6.63. The van der Waals surface area contributed by atoms with Crippen LogP contribution < -0.4 is 4.90 Å². The lowest BCUT2D eigenvalue weighted by molar-refractivity contribution is -0.138. The number of anilines is 1. The van der Waals surface area contributed by atoms with E-state index in [1.807, 2.05) is 29.2 Å². The molecule has 0 saturated carbocycles. The fourth-order valence-corrected chi connectivity index (χ4v) is 2.43. The van der Waals surface area contributed by atoms with Crippen LogP contribution in [0, 0.1) is 0 Å². The highest BCUT2D eigenvalue weighted by Crippen LogP contribution is 2.16. The van der Waals surface area contributed by atoms with E-state index in [1.165, 1.54) is 0 Å². The third-order valence-corrected chi connectivity index (χ3v) is 3.49. The molecule has 104 valence electrons. The molecule has 20 heavy (non-hydrogen) atoms. The van der Waals surface area contributed by atoms with Gasteiger partial charge in [-0.15, -0.1) is 0 Å². The summed E-state index contributed by atoms with van der Waals surface area (Å²) < 4.78 is 0. The minimum Gasteiger partial charge on any atom is -0.480 e. The molecule has 0 aliphatic carbocycles. The Kier molecular flexibility index (Phi) is 3.47. The predicted molar refractivity (Wildman–Crippen MR) is 75.8 cm³/mol. The first kappa shape index (κ1) is 12.8. The van der Waals surface area contributed by atoms with E-state index in [2.05, 4.69) is 14.9 Å². The molecular formula is C14H16N4O2. The van der Waals surface area contributed by atoms with E-state index in [1.54, 1.807) is 6.20 Å². The molecule has 1 aromatic carbocycles. The molecule has 1 aliphatic rings. The number of benzene rings is 1. The Labute approximate surface area is 116 Å². The highest BCUT2D eigenvalue weighted by atomic mass is 16.4. The number of nitrogens with zero attached hydrogens (tertiary/aromatic N) is 4. The van der Waals surface area contributed by atoms with Gasteiger partial charge in [0.1, 0.15) is 5.82 Å². The fraction of sp³-hybridized carbons (Fsp3) is 0.357. The Hall–Kier alpha value is -2.21. The smallest absolute Gasteiger partial charge is 0.317 e. The third-order valence-electron chi connectivity index (χ3n) is 3.49. The molecule has 3 rings (SSSR count). The van der Waals surface area contributed by atoms with Crippen LogP contribution in [0.15, 0.2) is 30.5 Å². The van der Waals surface area contributed by atoms with Gasteiger partial charge < -0.3 is 10.0 Å². The highest BCUT2D eigenvalue weighted by Gasteiger charge is 2.19. The summed E-state index contributed by atoms with van der Waals surface area (Å²) in [5.74, 6) is 0.0858. The summed E-state index contributed by atoms with van der Waals surface area (Å²) in [6.07, 6.45) is 1.79. The minimum absolute atomic E-state index is 0.108. The maximum Gasteiger partial charge on any atom is 0.317 e. The highest BCUT2D eigenvalue weighted by molar-refractivity contribution is 5.75. The van der Waals surface area contributed by atoms with Crippen molar-refractivity contribution in [2.75, 3.05) is 37.6 Å². The van der Waals surface area contributed by atoms with Crippen LogP contribution in [0.3, 0.4) is 0 Å². The van der Waals surface area contributed by atoms with Gasteiger partial charge in [0.25, 0.3) is 0 Å². The zero-order valence-electron chi connectivity index (χ0n) is 11.1. The molecule has 1 aliphatic heterocycles. The van der Waals surface area contributed by atoms with Crippen molar-refractivity contribution in [3.05, 3.63) is 30.5 Å². The van der Waals surface area contributed by atoms with E-state index in [-0.39, 0.29) is 6.54 Å². The van der Waals surface area contributed by atoms with Gasteiger partial charge in [-0.3, -0.25) is 14.7 Å². The lowest BCUT2D eigenvalue weighted by Crippen LogP contribution is -2.48. The SMILES string of the molecule is O=C(O)CN1CCN(c2cnc3ccccc3n2)CC1. The molecule has 6 heteroatoms. The normalized spacial score (nSPS) is 16.5. The fourth-order valence-electron chi connectivity index (χ4n) is 2.43. The van der Waals surface area contributed by atoms with Crippen molar-refractivity contribution in [1.29, 1.82) is 0 Å². The van der Waals surface area contributed by atoms with Gasteiger partial charge in [0, 0.05) is 26.2 Å². The topological polar surface area (TPSA) is 69.6 Å². The second-order valence-electron chi connectivity index (χ2n) is 4.87. The number of para-hydroxylation sites is 2. The largest absolute Gasteiger partial charge is 0.480 e. The number of fused-ring (bicyclic) bond motifs is 1. The van der Waals surface area contributed by atoms with E-state index < -0.39 is 5.97 Å². The summed E-state index contributed by atoms with van der Waals surface area (Å²) in [4.78, 5) is 23.8. The van der Waals surface area contributed by atoms with Crippen molar-refractivity contribution in [2.24, 2.45) is 0 Å².